The van der Waals surface area contributed by atoms with Gasteiger partial charge in [-0.15, -0.1) is 11.6 Å². The zero-order valence-electron chi connectivity index (χ0n) is 8.78. The molecule has 0 aromatic heterocycles. The summed E-state index contributed by atoms with van der Waals surface area (Å²) in [7, 11) is 0. The second-order valence-electron chi connectivity index (χ2n) is 3.88. The number of alkyl halides is 1. The van der Waals surface area contributed by atoms with Gasteiger partial charge in [0.05, 0.1) is 0 Å². The Hall–Kier alpha value is 0.250. The molecular weight excluding hydrogens is 170 g/mol. The van der Waals surface area contributed by atoms with Crippen LogP contribution >= 0.6 is 11.6 Å². The molecule has 0 aromatic rings. The SMILES string of the molecule is CCC(CC)(CCl)CNC(C)C. The van der Waals surface area contributed by atoms with Crippen molar-refractivity contribution in [3.63, 3.8) is 0 Å². The Balaban J connectivity index is 3.93. The van der Waals surface area contributed by atoms with Crippen molar-refractivity contribution < 1.29 is 0 Å². The Morgan fingerprint density at radius 2 is 1.75 bits per heavy atom. The molecule has 0 aliphatic carbocycles. The highest BCUT2D eigenvalue weighted by atomic mass is 35.5. The molecule has 0 atom stereocenters. The summed E-state index contributed by atoms with van der Waals surface area (Å²) in [6.07, 6.45) is 2.32. The number of nitrogens with one attached hydrogen (secondary N) is 1. The van der Waals surface area contributed by atoms with E-state index in [2.05, 4.69) is 33.0 Å². The third kappa shape index (κ3) is 3.77. The third-order valence-electron chi connectivity index (χ3n) is 2.67. The molecule has 0 saturated heterocycles. The van der Waals surface area contributed by atoms with Crippen LogP contribution in [0.1, 0.15) is 40.5 Å². The minimum Gasteiger partial charge on any atom is -0.314 e. The summed E-state index contributed by atoms with van der Waals surface area (Å²) in [5, 5.41) is 3.45. The zero-order chi connectivity index (χ0) is 9.61. The van der Waals surface area contributed by atoms with E-state index in [1.807, 2.05) is 0 Å². The first-order valence-electron chi connectivity index (χ1n) is 4.89. The molecule has 12 heavy (non-hydrogen) atoms. The van der Waals surface area contributed by atoms with E-state index in [4.69, 9.17) is 11.6 Å². The van der Waals surface area contributed by atoms with Crippen molar-refractivity contribution in [3.8, 4) is 0 Å². The highest BCUT2D eigenvalue weighted by molar-refractivity contribution is 6.18. The van der Waals surface area contributed by atoms with Gasteiger partial charge >= 0.3 is 0 Å². The monoisotopic (exact) mass is 191 g/mol. The molecule has 0 unspecified atom stereocenters. The Morgan fingerprint density at radius 1 is 1.25 bits per heavy atom. The molecule has 0 heterocycles. The van der Waals surface area contributed by atoms with Crippen LogP contribution in [0.2, 0.25) is 0 Å². The lowest BCUT2D eigenvalue weighted by Crippen LogP contribution is -2.38. The van der Waals surface area contributed by atoms with E-state index in [1.54, 1.807) is 0 Å². The standard InChI is InChI=1S/C10H22ClN/c1-5-10(6-2,7-11)8-12-9(3)4/h9,12H,5-8H2,1-4H3. The van der Waals surface area contributed by atoms with Gasteiger partial charge in [0.25, 0.3) is 0 Å². The molecular formula is C10H22ClN. The third-order valence-corrected chi connectivity index (χ3v) is 3.24. The fourth-order valence-corrected chi connectivity index (χ4v) is 1.63. The average Bonchev–Trinajstić information content (AvgIpc) is 2.08. The number of hydrogen-bond acceptors (Lipinski definition) is 1. The van der Waals surface area contributed by atoms with Crippen LogP contribution in [-0.4, -0.2) is 18.5 Å². The lowest BCUT2D eigenvalue weighted by molar-refractivity contribution is 0.278. The molecule has 0 aliphatic heterocycles. The highest BCUT2D eigenvalue weighted by Crippen LogP contribution is 2.26. The first-order valence-corrected chi connectivity index (χ1v) is 5.43. The van der Waals surface area contributed by atoms with Crippen LogP contribution in [0.25, 0.3) is 0 Å². The fraction of sp³-hybridized carbons (Fsp3) is 1.00. The summed E-state index contributed by atoms with van der Waals surface area (Å²) in [5.41, 5.74) is 0.311. The molecule has 1 N–H and O–H groups in total. The van der Waals surface area contributed by atoms with Crippen molar-refractivity contribution in [2.75, 3.05) is 12.4 Å². The molecule has 0 saturated carbocycles. The molecule has 0 amide bonds. The smallest absolute Gasteiger partial charge is 0.0291 e. The molecule has 0 rings (SSSR count). The Bertz CT molecular complexity index is 100. The lowest BCUT2D eigenvalue weighted by Gasteiger charge is -2.30. The predicted molar refractivity (Wildman–Crippen MR) is 56.9 cm³/mol. The normalized spacial score (nSPS) is 12.5. The molecule has 74 valence electrons. The van der Waals surface area contributed by atoms with Gasteiger partial charge < -0.3 is 5.32 Å². The average molecular weight is 192 g/mol. The molecule has 0 aliphatic rings. The topological polar surface area (TPSA) is 12.0 Å². The van der Waals surface area contributed by atoms with E-state index in [1.165, 1.54) is 0 Å². The van der Waals surface area contributed by atoms with Gasteiger partial charge in [0.1, 0.15) is 0 Å². The summed E-state index contributed by atoms with van der Waals surface area (Å²) < 4.78 is 0. The summed E-state index contributed by atoms with van der Waals surface area (Å²) in [5.74, 6) is 0.764. The van der Waals surface area contributed by atoms with Crippen LogP contribution in [0.15, 0.2) is 0 Å². The van der Waals surface area contributed by atoms with Crippen LogP contribution in [0.5, 0.6) is 0 Å². The van der Waals surface area contributed by atoms with Crippen molar-refractivity contribution in [1.82, 2.24) is 5.32 Å². The van der Waals surface area contributed by atoms with Gasteiger partial charge in [-0.05, 0) is 18.3 Å². The van der Waals surface area contributed by atoms with Crippen LogP contribution in [0, 0.1) is 5.41 Å². The second kappa shape index (κ2) is 5.82. The summed E-state index contributed by atoms with van der Waals surface area (Å²) >= 11 is 5.97. The Morgan fingerprint density at radius 3 is 2.00 bits per heavy atom. The highest BCUT2D eigenvalue weighted by Gasteiger charge is 2.24. The van der Waals surface area contributed by atoms with E-state index in [0.717, 1.165) is 25.3 Å². The predicted octanol–water partition coefficient (Wildman–Crippen LogP) is 3.03. The lowest BCUT2D eigenvalue weighted by atomic mass is 9.84. The Labute approximate surface area is 81.9 Å². The van der Waals surface area contributed by atoms with E-state index in [-0.39, 0.29) is 0 Å². The number of hydrogen-bond donors (Lipinski definition) is 1. The van der Waals surface area contributed by atoms with E-state index in [0.29, 0.717) is 11.5 Å². The maximum Gasteiger partial charge on any atom is 0.0291 e. The molecule has 0 fully saturated rings. The molecule has 0 aromatic carbocycles. The van der Waals surface area contributed by atoms with Crippen LogP contribution in [0.4, 0.5) is 0 Å². The van der Waals surface area contributed by atoms with Crippen molar-refractivity contribution >= 4 is 11.6 Å². The minimum absolute atomic E-state index is 0.311. The molecule has 1 nitrogen and oxygen atoms in total. The van der Waals surface area contributed by atoms with Gasteiger partial charge in [0.2, 0.25) is 0 Å². The van der Waals surface area contributed by atoms with Crippen LogP contribution in [0.3, 0.4) is 0 Å². The molecule has 0 bridgehead atoms. The summed E-state index contributed by atoms with van der Waals surface area (Å²) in [6.45, 7) is 9.82. The summed E-state index contributed by atoms with van der Waals surface area (Å²) in [6, 6.07) is 0.561. The Kier molecular flexibility index (Phi) is 5.94. The first-order chi connectivity index (χ1) is 5.60. The first kappa shape index (κ1) is 12.2. The van der Waals surface area contributed by atoms with Crippen molar-refractivity contribution in [1.29, 1.82) is 0 Å². The molecule has 0 radical (unpaired) electrons. The summed E-state index contributed by atoms with van der Waals surface area (Å²) in [4.78, 5) is 0. The van der Waals surface area contributed by atoms with Crippen LogP contribution in [-0.2, 0) is 0 Å². The quantitative estimate of drug-likeness (QED) is 0.637. The number of rotatable bonds is 6. The molecule has 2 heteroatoms. The maximum absolute atomic E-state index is 5.97. The fourth-order valence-electron chi connectivity index (χ4n) is 1.16. The van der Waals surface area contributed by atoms with Crippen molar-refractivity contribution in [3.05, 3.63) is 0 Å². The molecule has 0 spiro atoms. The number of halogens is 1. The van der Waals surface area contributed by atoms with Gasteiger partial charge in [-0.3, -0.25) is 0 Å². The van der Waals surface area contributed by atoms with Gasteiger partial charge in [-0.25, -0.2) is 0 Å². The van der Waals surface area contributed by atoms with E-state index in [9.17, 15) is 0 Å². The van der Waals surface area contributed by atoms with Crippen molar-refractivity contribution in [2.24, 2.45) is 5.41 Å². The van der Waals surface area contributed by atoms with Gasteiger partial charge in [0, 0.05) is 18.5 Å². The van der Waals surface area contributed by atoms with Gasteiger partial charge in [-0.1, -0.05) is 27.7 Å². The second-order valence-corrected chi connectivity index (χ2v) is 4.14. The van der Waals surface area contributed by atoms with Gasteiger partial charge in [-0.2, -0.15) is 0 Å². The minimum atomic E-state index is 0.311. The van der Waals surface area contributed by atoms with E-state index < -0.39 is 0 Å². The van der Waals surface area contributed by atoms with Crippen molar-refractivity contribution in [2.45, 2.75) is 46.6 Å². The van der Waals surface area contributed by atoms with Gasteiger partial charge in [0.15, 0.2) is 0 Å². The van der Waals surface area contributed by atoms with E-state index >= 15 is 0 Å². The maximum atomic E-state index is 5.97. The van der Waals surface area contributed by atoms with Crippen LogP contribution < -0.4 is 5.32 Å². The largest absolute Gasteiger partial charge is 0.314 e. The zero-order valence-corrected chi connectivity index (χ0v) is 9.54.